The zero-order valence-electron chi connectivity index (χ0n) is 12.9. The van der Waals surface area contributed by atoms with Crippen molar-refractivity contribution < 1.29 is 14.3 Å². The summed E-state index contributed by atoms with van der Waals surface area (Å²) in [6.45, 7) is 4.11. The molecule has 0 fully saturated rings. The van der Waals surface area contributed by atoms with Crippen molar-refractivity contribution in [3.63, 3.8) is 0 Å². The molecule has 116 valence electrons. The summed E-state index contributed by atoms with van der Waals surface area (Å²) in [7, 11) is 0. The van der Waals surface area contributed by atoms with Gasteiger partial charge in [0.2, 0.25) is 0 Å². The Hall–Kier alpha value is -2.49. The molecule has 2 aromatic rings. The first kappa shape index (κ1) is 15.9. The largest absolute Gasteiger partial charge is 0.489 e. The van der Waals surface area contributed by atoms with E-state index in [2.05, 4.69) is 0 Å². The summed E-state index contributed by atoms with van der Waals surface area (Å²) in [6, 6.07) is 15.2. The van der Waals surface area contributed by atoms with Crippen molar-refractivity contribution in [3.8, 4) is 5.75 Å². The van der Waals surface area contributed by atoms with Crippen molar-refractivity contribution in [2.24, 2.45) is 0 Å². The molecule has 0 saturated carbocycles. The molecule has 2 N–H and O–H groups in total. The quantitative estimate of drug-likeness (QED) is 0.656. The van der Waals surface area contributed by atoms with E-state index in [0.717, 1.165) is 11.1 Å². The summed E-state index contributed by atoms with van der Waals surface area (Å²) >= 11 is 0. The number of carbonyl (C=O) groups is 1. The maximum atomic E-state index is 11.7. The van der Waals surface area contributed by atoms with Crippen LogP contribution in [0.4, 0.5) is 5.69 Å². The van der Waals surface area contributed by atoms with Crippen molar-refractivity contribution in [2.75, 3.05) is 5.73 Å². The summed E-state index contributed by atoms with van der Waals surface area (Å²) < 4.78 is 10.9. The average Bonchev–Trinajstić information content (AvgIpc) is 2.48. The van der Waals surface area contributed by atoms with Gasteiger partial charge in [-0.05, 0) is 43.2 Å². The van der Waals surface area contributed by atoms with E-state index in [1.54, 1.807) is 18.2 Å². The maximum Gasteiger partial charge on any atom is 0.310 e. The third-order valence-electron chi connectivity index (χ3n) is 3.06. The fourth-order valence-corrected chi connectivity index (χ4v) is 2.03. The number of nitrogens with two attached hydrogens (primary N) is 1. The van der Waals surface area contributed by atoms with Gasteiger partial charge in [-0.25, -0.2) is 0 Å². The van der Waals surface area contributed by atoms with Gasteiger partial charge in [-0.1, -0.05) is 30.3 Å². The molecule has 2 rings (SSSR count). The second kappa shape index (κ2) is 7.50. The van der Waals surface area contributed by atoms with Gasteiger partial charge in [-0.3, -0.25) is 4.79 Å². The number of hydrogen-bond acceptors (Lipinski definition) is 4. The summed E-state index contributed by atoms with van der Waals surface area (Å²) in [6.07, 6.45) is 0.0123. The third kappa shape index (κ3) is 4.81. The first-order valence-corrected chi connectivity index (χ1v) is 7.29. The van der Waals surface area contributed by atoms with Gasteiger partial charge in [-0.2, -0.15) is 0 Å². The molecular formula is C18H21NO3. The Bertz CT molecular complexity index is 623. The highest BCUT2D eigenvalue weighted by atomic mass is 16.5. The number of ether oxygens (including phenoxy) is 2. The monoisotopic (exact) mass is 299 g/mol. The minimum absolute atomic E-state index is 0.133. The second-order valence-electron chi connectivity index (χ2n) is 5.35. The predicted molar refractivity (Wildman–Crippen MR) is 86.6 cm³/mol. The maximum absolute atomic E-state index is 11.7. The Kier molecular flexibility index (Phi) is 5.42. The summed E-state index contributed by atoms with van der Waals surface area (Å²) in [5, 5.41) is 0. The van der Waals surface area contributed by atoms with Gasteiger partial charge < -0.3 is 15.2 Å². The van der Waals surface area contributed by atoms with Crippen LogP contribution in [0.2, 0.25) is 0 Å². The fraction of sp³-hybridized carbons (Fsp3) is 0.278. The van der Waals surface area contributed by atoms with E-state index < -0.39 is 0 Å². The predicted octanol–water partition coefficient (Wildman–Crippen LogP) is 3.34. The number of esters is 1. The van der Waals surface area contributed by atoms with Crippen LogP contribution in [0.5, 0.6) is 5.75 Å². The first-order chi connectivity index (χ1) is 10.5. The molecule has 0 saturated heterocycles. The van der Waals surface area contributed by atoms with Gasteiger partial charge in [-0.15, -0.1) is 0 Å². The second-order valence-corrected chi connectivity index (χ2v) is 5.35. The molecule has 0 bridgehead atoms. The van der Waals surface area contributed by atoms with Gasteiger partial charge in [0, 0.05) is 5.69 Å². The lowest BCUT2D eigenvalue weighted by Crippen LogP contribution is -2.14. The summed E-state index contributed by atoms with van der Waals surface area (Å²) in [5.41, 5.74) is 8.28. The molecule has 2 aromatic carbocycles. The third-order valence-corrected chi connectivity index (χ3v) is 3.06. The Labute approximate surface area is 130 Å². The molecule has 0 aliphatic rings. The Morgan fingerprint density at radius 2 is 1.86 bits per heavy atom. The molecule has 4 nitrogen and oxygen atoms in total. The zero-order valence-corrected chi connectivity index (χ0v) is 12.9. The van der Waals surface area contributed by atoms with Crippen LogP contribution in [0.15, 0.2) is 48.5 Å². The Morgan fingerprint density at radius 3 is 2.55 bits per heavy atom. The number of carbonyl (C=O) groups excluding carboxylic acids is 1. The van der Waals surface area contributed by atoms with Crippen LogP contribution in [0.25, 0.3) is 0 Å². The van der Waals surface area contributed by atoms with Crippen molar-refractivity contribution in [2.45, 2.75) is 33.0 Å². The highest BCUT2D eigenvalue weighted by Gasteiger charge is 2.10. The van der Waals surface area contributed by atoms with Crippen LogP contribution < -0.4 is 10.5 Å². The molecule has 0 aromatic heterocycles. The van der Waals surface area contributed by atoms with Crippen molar-refractivity contribution >= 4 is 11.7 Å². The van der Waals surface area contributed by atoms with Gasteiger partial charge in [0.15, 0.2) is 0 Å². The number of benzene rings is 2. The van der Waals surface area contributed by atoms with E-state index >= 15 is 0 Å². The van der Waals surface area contributed by atoms with Gasteiger partial charge >= 0.3 is 5.97 Å². The highest BCUT2D eigenvalue weighted by molar-refractivity contribution is 5.75. The molecule has 0 amide bonds. The van der Waals surface area contributed by atoms with E-state index in [0.29, 0.717) is 18.0 Å². The van der Waals surface area contributed by atoms with Gasteiger partial charge in [0.1, 0.15) is 12.4 Å². The Morgan fingerprint density at radius 1 is 1.14 bits per heavy atom. The van der Waals surface area contributed by atoms with Crippen LogP contribution in [0.1, 0.15) is 25.0 Å². The molecule has 0 unspecified atom stereocenters. The Balaban J connectivity index is 2.01. The lowest BCUT2D eigenvalue weighted by atomic mass is 10.1. The molecule has 0 aliphatic carbocycles. The van der Waals surface area contributed by atoms with Crippen molar-refractivity contribution in [1.82, 2.24) is 0 Å². The van der Waals surface area contributed by atoms with E-state index in [1.165, 1.54) is 0 Å². The summed E-state index contributed by atoms with van der Waals surface area (Å²) in [5.74, 6) is 0.396. The molecule has 22 heavy (non-hydrogen) atoms. The van der Waals surface area contributed by atoms with E-state index in [-0.39, 0.29) is 18.5 Å². The van der Waals surface area contributed by atoms with Crippen molar-refractivity contribution in [3.05, 3.63) is 59.7 Å². The molecule has 0 atom stereocenters. The smallest absolute Gasteiger partial charge is 0.310 e. The normalized spacial score (nSPS) is 10.5. The zero-order chi connectivity index (χ0) is 15.9. The van der Waals surface area contributed by atoms with Gasteiger partial charge in [0.25, 0.3) is 0 Å². The minimum atomic E-state index is -0.290. The van der Waals surface area contributed by atoms with Crippen LogP contribution in [-0.4, -0.2) is 12.1 Å². The molecule has 0 aliphatic heterocycles. The first-order valence-electron chi connectivity index (χ1n) is 7.29. The van der Waals surface area contributed by atoms with Crippen LogP contribution in [0.3, 0.4) is 0 Å². The number of hydrogen-bond donors (Lipinski definition) is 1. The standard InChI is InChI=1S/C18H21NO3/c1-13(2)22-18(20)11-15-10-16(8-9-17(15)19)21-12-14-6-4-3-5-7-14/h3-10,13H,11-12,19H2,1-2H3. The number of anilines is 1. The molecule has 0 heterocycles. The number of rotatable bonds is 6. The fourth-order valence-electron chi connectivity index (χ4n) is 2.03. The highest BCUT2D eigenvalue weighted by Crippen LogP contribution is 2.21. The SMILES string of the molecule is CC(C)OC(=O)Cc1cc(OCc2ccccc2)ccc1N. The lowest BCUT2D eigenvalue weighted by Gasteiger charge is -2.12. The number of nitrogen functional groups attached to an aromatic ring is 1. The van der Waals surface area contributed by atoms with Crippen LogP contribution in [-0.2, 0) is 22.6 Å². The lowest BCUT2D eigenvalue weighted by molar-refractivity contribution is -0.146. The average molecular weight is 299 g/mol. The molecule has 0 radical (unpaired) electrons. The molecular weight excluding hydrogens is 278 g/mol. The summed E-state index contributed by atoms with van der Waals surface area (Å²) in [4.78, 5) is 11.7. The van der Waals surface area contributed by atoms with E-state index in [1.807, 2.05) is 44.2 Å². The van der Waals surface area contributed by atoms with Crippen LogP contribution in [0, 0.1) is 0 Å². The minimum Gasteiger partial charge on any atom is -0.489 e. The molecule has 4 heteroatoms. The van der Waals surface area contributed by atoms with E-state index in [4.69, 9.17) is 15.2 Å². The van der Waals surface area contributed by atoms with Crippen molar-refractivity contribution in [1.29, 1.82) is 0 Å². The van der Waals surface area contributed by atoms with E-state index in [9.17, 15) is 4.79 Å². The van der Waals surface area contributed by atoms with Crippen LogP contribution >= 0.6 is 0 Å². The van der Waals surface area contributed by atoms with Gasteiger partial charge in [0.05, 0.1) is 12.5 Å². The topological polar surface area (TPSA) is 61.5 Å². The molecule has 0 spiro atoms.